The van der Waals surface area contributed by atoms with Gasteiger partial charge < -0.3 is 5.32 Å². The molecule has 2 aromatic carbocycles. The molecule has 1 N–H and O–H groups in total. The molecule has 0 aromatic heterocycles. The number of nitrogens with zero attached hydrogens (tertiary/aromatic N) is 1. The van der Waals surface area contributed by atoms with E-state index in [1.807, 2.05) is 31.2 Å². The summed E-state index contributed by atoms with van der Waals surface area (Å²) in [7, 11) is 0. The molecule has 4 heteroatoms. The Kier molecular flexibility index (Phi) is 6.27. The molecule has 1 fully saturated rings. The van der Waals surface area contributed by atoms with E-state index in [1.54, 1.807) is 6.07 Å². The fourth-order valence-corrected chi connectivity index (χ4v) is 3.85. The molecule has 1 unspecified atom stereocenters. The number of benzene rings is 2. The second-order valence-corrected chi connectivity index (χ2v) is 7.85. The highest BCUT2D eigenvalue weighted by atomic mass is 19.1. The lowest BCUT2D eigenvalue weighted by Gasteiger charge is -2.32. The van der Waals surface area contributed by atoms with Gasteiger partial charge in [0.25, 0.3) is 0 Å². The van der Waals surface area contributed by atoms with Crippen molar-refractivity contribution in [3.8, 4) is 0 Å². The van der Waals surface area contributed by atoms with Crippen molar-refractivity contribution in [2.45, 2.75) is 46.1 Å². The van der Waals surface area contributed by atoms with Crippen molar-refractivity contribution in [1.29, 1.82) is 0 Å². The zero-order valence-electron chi connectivity index (χ0n) is 16.5. The maximum atomic E-state index is 13.9. The lowest BCUT2D eigenvalue weighted by Crippen LogP contribution is -2.40. The van der Waals surface area contributed by atoms with Crippen molar-refractivity contribution < 1.29 is 9.18 Å². The molecule has 1 amide bonds. The van der Waals surface area contributed by atoms with Gasteiger partial charge in [-0.05, 0) is 49.4 Å². The van der Waals surface area contributed by atoms with E-state index in [2.05, 4.69) is 30.1 Å². The Morgan fingerprint density at radius 1 is 1.22 bits per heavy atom. The predicted octanol–water partition coefficient (Wildman–Crippen LogP) is 5.11. The van der Waals surface area contributed by atoms with Crippen LogP contribution < -0.4 is 5.32 Å². The Morgan fingerprint density at radius 3 is 2.74 bits per heavy atom. The standard InChI is InChI=1S/C23H29FN2O/c1-16(2)20-11-6-8-17(3)22(20)25-23(27)19-10-7-13-26(15-19)14-18-9-4-5-12-21(18)24/h4-6,8-9,11-12,16,19H,7,10,13-15H2,1-3H3,(H,25,27). The molecule has 144 valence electrons. The molecule has 2 aromatic rings. The van der Waals surface area contributed by atoms with Crippen molar-refractivity contribution in [3.05, 3.63) is 65.0 Å². The first-order valence-corrected chi connectivity index (χ1v) is 9.82. The topological polar surface area (TPSA) is 32.3 Å². The lowest BCUT2D eigenvalue weighted by molar-refractivity contribution is -0.121. The average molecular weight is 368 g/mol. The minimum absolute atomic E-state index is 0.0647. The number of rotatable bonds is 5. The number of nitrogens with one attached hydrogen (secondary N) is 1. The molecular formula is C23H29FN2O. The van der Waals surface area contributed by atoms with Gasteiger partial charge in [0.1, 0.15) is 5.82 Å². The quantitative estimate of drug-likeness (QED) is 0.795. The van der Waals surface area contributed by atoms with Gasteiger partial charge in [0, 0.05) is 24.3 Å². The van der Waals surface area contributed by atoms with Crippen LogP contribution in [-0.2, 0) is 11.3 Å². The zero-order chi connectivity index (χ0) is 19.4. The van der Waals surface area contributed by atoms with Crippen LogP contribution in [0.4, 0.5) is 10.1 Å². The number of likely N-dealkylation sites (tertiary alicyclic amines) is 1. The third-order valence-electron chi connectivity index (χ3n) is 5.40. The monoisotopic (exact) mass is 368 g/mol. The van der Waals surface area contributed by atoms with Gasteiger partial charge in [0.15, 0.2) is 0 Å². The minimum atomic E-state index is -0.175. The summed E-state index contributed by atoms with van der Waals surface area (Å²) in [5, 5.41) is 3.19. The highest BCUT2D eigenvalue weighted by molar-refractivity contribution is 5.94. The van der Waals surface area contributed by atoms with Crippen molar-refractivity contribution in [1.82, 2.24) is 4.90 Å². The van der Waals surface area contributed by atoms with Crippen LogP contribution in [0.25, 0.3) is 0 Å². The summed E-state index contributed by atoms with van der Waals surface area (Å²) in [4.78, 5) is 15.1. The number of piperidine rings is 1. The summed E-state index contributed by atoms with van der Waals surface area (Å²) in [5.74, 6) is 0.184. The number of hydrogen-bond donors (Lipinski definition) is 1. The Balaban J connectivity index is 1.68. The van der Waals surface area contributed by atoms with E-state index in [4.69, 9.17) is 0 Å². The zero-order valence-corrected chi connectivity index (χ0v) is 16.5. The molecule has 1 aliphatic heterocycles. The molecule has 0 saturated carbocycles. The number of carbonyl (C=O) groups excluding carboxylic acids is 1. The summed E-state index contributed by atoms with van der Waals surface area (Å²) in [6.45, 7) is 8.44. The summed E-state index contributed by atoms with van der Waals surface area (Å²) < 4.78 is 13.9. The number of carbonyl (C=O) groups is 1. The fourth-order valence-electron chi connectivity index (χ4n) is 3.85. The molecule has 0 aliphatic carbocycles. The fraction of sp³-hybridized carbons (Fsp3) is 0.435. The summed E-state index contributed by atoms with van der Waals surface area (Å²) in [6.07, 6.45) is 1.83. The van der Waals surface area contributed by atoms with E-state index >= 15 is 0 Å². The number of aryl methyl sites for hydroxylation is 1. The maximum absolute atomic E-state index is 13.9. The van der Waals surface area contributed by atoms with Gasteiger partial charge >= 0.3 is 0 Å². The van der Waals surface area contributed by atoms with Crippen molar-refractivity contribution in [3.63, 3.8) is 0 Å². The van der Waals surface area contributed by atoms with Gasteiger partial charge in [-0.25, -0.2) is 4.39 Å². The number of hydrogen-bond acceptors (Lipinski definition) is 2. The van der Waals surface area contributed by atoms with Gasteiger partial charge in [0.05, 0.1) is 5.92 Å². The van der Waals surface area contributed by atoms with E-state index in [0.717, 1.165) is 30.6 Å². The van der Waals surface area contributed by atoms with E-state index < -0.39 is 0 Å². The highest BCUT2D eigenvalue weighted by Crippen LogP contribution is 2.29. The predicted molar refractivity (Wildman–Crippen MR) is 108 cm³/mol. The van der Waals surface area contributed by atoms with E-state index in [-0.39, 0.29) is 17.6 Å². The largest absolute Gasteiger partial charge is 0.325 e. The molecule has 27 heavy (non-hydrogen) atoms. The van der Waals surface area contributed by atoms with Gasteiger partial charge in [-0.3, -0.25) is 9.69 Å². The normalized spacial score (nSPS) is 17.9. The minimum Gasteiger partial charge on any atom is -0.325 e. The Labute approximate surface area is 161 Å². The molecule has 1 aliphatic rings. The smallest absolute Gasteiger partial charge is 0.228 e. The van der Waals surface area contributed by atoms with Crippen molar-refractivity contribution in [2.24, 2.45) is 5.92 Å². The molecule has 1 atom stereocenters. The average Bonchev–Trinajstić information content (AvgIpc) is 2.65. The third kappa shape index (κ3) is 4.75. The molecule has 3 rings (SSSR count). The van der Waals surface area contributed by atoms with Crippen LogP contribution in [-0.4, -0.2) is 23.9 Å². The highest BCUT2D eigenvalue weighted by Gasteiger charge is 2.27. The summed E-state index contributed by atoms with van der Waals surface area (Å²) in [5.41, 5.74) is 3.90. The van der Waals surface area contributed by atoms with Gasteiger partial charge in [-0.1, -0.05) is 50.2 Å². The van der Waals surface area contributed by atoms with E-state index in [0.29, 0.717) is 24.6 Å². The number of halogens is 1. The summed E-state index contributed by atoms with van der Waals surface area (Å²) >= 11 is 0. The SMILES string of the molecule is Cc1cccc(C(C)C)c1NC(=O)C1CCCN(Cc2ccccc2F)C1. The van der Waals surface area contributed by atoms with E-state index in [1.165, 1.54) is 11.6 Å². The Bertz CT molecular complexity index is 803. The van der Waals surface area contributed by atoms with Crippen LogP contribution in [0.3, 0.4) is 0 Å². The maximum Gasteiger partial charge on any atom is 0.228 e. The van der Waals surface area contributed by atoms with Crippen LogP contribution in [0.2, 0.25) is 0 Å². The molecule has 0 spiro atoms. The number of anilines is 1. The van der Waals surface area contributed by atoms with Crippen LogP contribution in [0.1, 0.15) is 49.3 Å². The molecule has 0 radical (unpaired) electrons. The molecule has 1 saturated heterocycles. The first-order valence-electron chi connectivity index (χ1n) is 9.82. The first kappa shape index (κ1) is 19.6. The van der Waals surface area contributed by atoms with Gasteiger partial charge in [-0.2, -0.15) is 0 Å². The number of para-hydroxylation sites is 1. The third-order valence-corrected chi connectivity index (χ3v) is 5.40. The second kappa shape index (κ2) is 8.66. The van der Waals surface area contributed by atoms with Crippen LogP contribution >= 0.6 is 0 Å². The molecule has 0 bridgehead atoms. The second-order valence-electron chi connectivity index (χ2n) is 7.85. The summed E-state index contributed by atoms with van der Waals surface area (Å²) in [6, 6.07) is 13.0. The Hall–Kier alpha value is -2.20. The van der Waals surface area contributed by atoms with Crippen LogP contribution in [0.15, 0.2) is 42.5 Å². The van der Waals surface area contributed by atoms with Crippen molar-refractivity contribution in [2.75, 3.05) is 18.4 Å². The van der Waals surface area contributed by atoms with Gasteiger partial charge in [-0.15, -0.1) is 0 Å². The Morgan fingerprint density at radius 2 is 2.00 bits per heavy atom. The first-order chi connectivity index (χ1) is 13.0. The molecular weight excluding hydrogens is 339 g/mol. The van der Waals surface area contributed by atoms with Crippen molar-refractivity contribution >= 4 is 11.6 Å². The van der Waals surface area contributed by atoms with Gasteiger partial charge in [0.2, 0.25) is 5.91 Å². The van der Waals surface area contributed by atoms with Crippen LogP contribution in [0.5, 0.6) is 0 Å². The lowest BCUT2D eigenvalue weighted by atomic mass is 9.94. The molecule has 3 nitrogen and oxygen atoms in total. The number of amides is 1. The van der Waals surface area contributed by atoms with E-state index in [9.17, 15) is 9.18 Å². The van der Waals surface area contributed by atoms with Crippen LogP contribution in [0, 0.1) is 18.7 Å². The molecule has 1 heterocycles.